The van der Waals surface area contributed by atoms with Crippen LogP contribution < -0.4 is 10.6 Å². The Hall–Kier alpha value is -2.28. The maximum absolute atomic E-state index is 12.1. The number of nitrogens with zero attached hydrogens (tertiary/aromatic N) is 1. The van der Waals surface area contributed by atoms with E-state index in [-0.39, 0.29) is 22.8 Å². The number of thioether (sulfide) groups is 1. The van der Waals surface area contributed by atoms with E-state index in [0.29, 0.717) is 11.6 Å². The third kappa shape index (κ3) is 5.13. The molecular formula is C17H21N3O3S. The average molecular weight is 347 g/mol. The average Bonchev–Trinajstić information content (AvgIpc) is 2.93. The molecule has 2 rings (SSSR count). The van der Waals surface area contributed by atoms with Crippen LogP contribution in [0, 0.1) is 20.8 Å². The summed E-state index contributed by atoms with van der Waals surface area (Å²) >= 11 is 1.27. The van der Waals surface area contributed by atoms with Crippen LogP contribution in [0.4, 0.5) is 11.5 Å². The first-order valence-corrected chi connectivity index (χ1v) is 8.63. The summed E-state index contributed by atoms with van der Waals surface area (Å²) in [4.78, 5) is 24.1. The van der Waals surface area contributed by atoms with Gasteiger partial charge in [0.15, 0.2) is 5.82 Å². The van der Waals surface area contributed by atoms with Crippen LogP contribution in [0.2, 0.25) is 0 Å². The Morgan fingerprint density at radius 1 is 1.21 bits per heavy atom. The first kappa shape index (κ1) is 18.1. The monoisotopic (exact) mass is 347 g/mol. The highest BCUT2D eigenvalue weighted by Crippen LogP contribution is 2.18. The van der Waals surface area contributed by atoms with E-state index < -0.39 is 0 Å². The number of aryl methyl sites for hydroxylation is 3. The van der Waals surface area contributed by atoms with E-state index >= 15 is 0 Å². The summed E-state index contributed by atoms with van der Waals surface area (Å²) in [6.45, 7) is 7.41. The molecule has 0 saturated heterocycles. The van der Waals surface area contributed by atoms with Crippen molar-refractivity contribution in [1.29, 1.82) is 0 Å². The zero-order chi connectivity index (χ0) is 17.7. The number of amides is 2. The molecule has 7 heteroatoms. The normalized spacial score (nSPS) is 11.8. The van der Waals surface area contributed by atoms with Crippen LogP contribution in [-0.4, -0.2) is 28.0 Å². The predicted molar refractivity (Wildman–Crippen MR) is 96.3 cm³/mol. The Balaban J connectivity index is 1.82. The molecule has 0 aliphatic carbocycles. The minimum absolute atomic E-state index is 0.134. The van der Waals surface area contributed by atoms with E-state index in [1.54, 1.807) is 19.9 Å². The highest BCUT2D eigenvalue weighted by atomic mass is 32.2. The number of hydrogen-bond acceptors (Lipinski definition) is 5. The van der Waals surface area contributed by atoms with Crippen molar-refractivity contribution in [3.05, 3.63) is 41.2 Å². The van der Waals surface area contributed by atoms with Crippen molar-refractivity contribution >= 4 is 35.1 Å². The van der Waals surface area contributed by atoms with E-state index in [2.05, 4.69) is 15.8 Å². The van der Waals surface area contributed by atoms with Gasteiger partial charge < -0.3 is 15.2 Å². The van der Waals surface area contributed by atoms with Crippen molar-refractivity contribution < 1.29 is 14.1 Å². The topological polar surface area (TPSA) is 84.2 Å². The molecule has 0 radical (unpaired) electrons. The third-order valence-corrected chi connectivity index (χ3v) is 4.52. The van der Waals surface area contributed by atoms with Gasteiger partial charge >= 0.3 is 0 Å². The smallest absolute Gasteiger partial charge is 0.238 e. The first-order valence-electron chi connectivity index (χ1n) is 7.58. The number of hydrogen-bond donors (Lipinski definition) is 2. The molecule has 0 spiro atoms. The molecule has 1 unspecified atom stereocenters. The lowest BCUT2D eigenvalue weighted by Crippen LogP contribution is -2.25. The van der Waals surface area contributed by atoms with Crippen molar-refractivity contribution in [2.45, 2.75) is 32.9 Å². The zero-order valence-corrected chi connectivity index (χ0v) is 15.0. The van der Waals surface area contributed by atoms with E-state index in [1.807, 2.05) is 32.0 Å². The van der Waals surface area contributed by atoms with Gasteiger partial charge in [-0.3, -0.25) is 9.59 Å². The summed E-state index contributed by atoms with van der Waals surface area (Å²) in [5.74, 6) is 0.849. The lowest BCUT2D eigenvalue weighted by Gasteiger charge is -2.12. The lowest BCUT2D eigenvalue weighted by molar-refractivity contribution is -0.115. The van der Waals surface area contributed by atoms with Gasteiger partial charge in [-0.25, -0.2) is 0 Å². The standard InChI is InChI=1S/C17H21N3O3S/c1-10-5-6-11(2)14(7-10)18-16(21)9-24-13(4)17(22)19-15-8-12(3)23-20-15/h5-8,13H,9H2,1-4H3,(H,18,21)(H,19,20,22). The van der Waals surface area contributed by atoms with E-state index in [4.69, 9.17) is 4.52 Å². The van der Waals surface area contributed by atoms with E-state index in [0.717, 1.165) is 16.8 Å². The van der Waals surface area contributed by atoms with Gasteiger partial charge in [-0.05, 0) is 44.9 Å². The summed E-state index contributed by atoms with van der Waals surface area (Å²) in [5, 5.41) is 8.86. The Labute approximate surface area is 145 Å². The number of aromatic nitrogens is 1. The minimum Gasteiger partial charge on any atom is -0.360 e. The summed E-state index contributed by atoms with van der Waals surface area (Å²) in [6, 6.07) is 7.54. The van der Waals surface area contributed by atoms with Gasteiger partial charge in [0.1, 0.15) is 5.76 Å². The Morgan fingerprint density at radius 3 is 2.62 bits per heavy atom. The van der Waals surface area contributed by atoms with Crippen LogP contribution in [0.5, 0.6) is 0 Å². The van der Waals surface area contributed by atoms with Crippen molar-refractivity contribution in [3.8, 4) is 0 Å². The molecule has 2 amide bonds. The van der Waals surface area contributed by atoms with Crippen LogP contribution >= 0.6 is 11.8 Å². The fourth-order valence-electron chi connectivity index (χ4n) is 1.99. The largest absolute Gasteiger partial charge is 0.360 e. The fraction of sp³-hybridized carbons (Fsp3) is 0.353. The van der Waals surface area contributed by atoms with Crippen LogP contribution in [0.3, 0.4) is 0 Å². The van der Waals surface area contributed by atoms with Gasteiger partial charge in [0.05, 0.1) is 11.0 Å². The number of benzene rings is 1. The summed E-state index contributed by atoms with van der Waals surface area (Å²) in [7, 11) is 0. The van der Waals surface area contributed by atoms with Gasteiger partial charge in [-0.2, -0.15) is 0 Å². The highest BCUT2D eigenvalue weighted by molar-refractivity contribution is 8.01. The number of anilines is 2. The lowest BCUT2D eigenvalue weighted by atomic mass is 10.1. The van der Waals surface area contributed by atoms with Crippen molar-refractivity contribution in [2.24, 2.45) is 0 Å². The van der Waals surface area contributed by atoms with Gasteiger partial charge in [-0.15, -0.1) is 11.8 Å². The zero-order valence-electron chi connectivity index (χ0n) is 14.2. The molecule has 1 atom stereocenters. The number of carbonyl (C=O) groups excluding carboxylic acids is 2. The minimum atomic E-state index is -0.383. The second-order valence-electron chi connectivity index (χ2n) is 5.63. The molecule has 128 valence electrons. The molecule has 6 nitrogen and oxygen atoms in total. The second kappa shape index (κ2) is 8.01. The third-order valence-electron chi connectivity index (χ3n) is 3.38. The molecule has 2 N–H and O–H groups in total. The summed E-state index contributed by atoms with van der Waals surface area (Å²) in [6.07, 6.45) is 0. The van der Waals surface area contributed by atoms with Gasteiger partial charge in [-0.1, -0.05) is 17.3 Å². The maximum Gasteiger partial charge on any atom is 0.238 e. The number of rotatable bonds is 6. The molecule has 1 heterocycles. The Bertz CT molecular complexity index is 742. The second-order valence-corrected chi connectivity index (χ2v) is 6.96. The Morgan fingerprint density at radius 2 is 1.96 bits per heavy atom. The summed E-state index contributed by atoms with van der Waals surface area (Å²) < 4.78 is 4.89. The molecule has 0 aliphatic rings. The van der Waals surface area contributed by atoms with E-state index in [1.165, 1.54) is 11.8 Å². The van der Waals surface area contributed by atoms with E-state index in [9.17, 15) is 9.59 Å². The molecule has 0 fully saturated rings. The quantitative estimate of drug-likeness (QED) is 0.837. The summed E-state index contributed by atoms with van der Waals surface area (Å²) in [5.41, 5.74) is 2.89. The van der Waals surface area contributed by atoms with Crippen LogP contribution in [-0.2, 0) is 9.59 Å². The highest BCUT2D eigenvalue weighted by Gasteiger charge is 2.17. The Kier molecular flexibility index (Phi) is 6.03. The molecule has 2 aromatic rings. The number of carbonyl (C=O) groups is 2. The molecule has 0 saturated carbocycles. The van der Waals surface area contributed by atoms with Gasteiger partial charge in [0, 0.05) is 11.8 Å². The van der Waals surface area contributed by atoms with Crippen molar-refractivity contribution in [2.75, 3.05) is 16.4 Å². The first-order chi connectivity index (χ1) is 11.3. The maximum atomic E-state index is 12.1. The van der Waals surface area contributed by atoms with Gasteiger partial charge in [0.2, 0.25) is 11.8 Å². The molecule has 1 aromatic carbocycles. The van der Waals surface area contributed by atoms with Gasteiger partial charge in [0.25, 0.3) is 0 Å². The molecule has 24 heavy (non-hydrogen) atoms. The fourth-order valence-corrected chi connectivity index (χ4v) is 2.67. The van der Waals surface area contributed by atoms with Crippen LogP contribution in [0.25, 0.3) is 0 Å². The molecule has 0 aliphatic heterocycles. The van der Waals surface area contributed by atoms with Crippen molar-refractivity contribution in [3.63, 3.8) is 0 Å². The predicted octanol–water partition coefficient (Wildman–Crippen LogP) is 3.30. The SMILES string of the molecule is Cc1ccc(C)c(NC(=O)CSC(C)C(=O)Nc2cc(C)on2)c1. The van der Waals surface area contributed by atoms with Crippen LogP contribution in [0.15, 0.2) is 28.8 Å². The molecular weight excluding hydrogens is 326 g/mol. The number of nitrogens with one attached hydrogen (secondary N) is 2. The van der Waals surface area contributed by atoms with Crippen molar-refractivity contribution in [1.82, 2.24) is 5.16 Å². The molecule has 0 bridgehead atoms. The molecule has 1 aromatic heterocycles. The van der Waals surface area contributed by atoms with Crippen LogP contribution in [0.1, 0.15) is 23.8 Å².